The first-order chi connectivity index (χ1) is 9.06. The lowest BCUT2D eigenvalue weighted by molar-refractivity contribution is -0.384. The Labute approximate surface area is 108 Å². The van der Waals surface area contributed by atoms with Crippen LogP contribution >= 0.6 is 0 Å². The number of hydrogen-bond donors (Lipinski definition) is 2. The van der Waals surface area contributed by atoms with E-state index in [0.29, 0.717) is 11.3 Å². The van der Waals surface area contributed by atoms with Crippen molar-refractivity contribution in [2.45, 2.75) is 0 Å². The molecule has 0 bridgehead atoms. The van der Waals surface area contributed by atoms with E-state index in [1.807, 2.05) is 0 Å². The summed E-state index contributed by atoms with van der Waals surface area (Å²) < 4.78 is 0. The molecule has 19 heavy (non-hydrogen) atoms. The molecule has 0 atom stereocenters. The minimum absolute atomic E-state index is 0.00114. The minimum Gasteiger partial charge on any atom is -0.504 e. The summed E-state index contributed by atoms with van der Waals surface area (Å²) in [5.41, 5.74) is 1.16. The van der Waals surface area contributed by atoms with Crippen LogP contribution in [0.15, 0.2) is 47.5 Å². The molecule has 2 aromatic rings. The van der Waals surface area contributed by atoms with E-state index >= 15 is 0 Å². The van der Waals surface area contributed by atoms with Gasteiger partial charge in [0.2, 0.25) is 0 Å². The molecule has 0 aliphatic carbocycles. The van der Waals surface area contributed by atoms with Crippen LogP contribution in [0.2, 0.25) is 0 Å². The van der Waals surface area contributed by atoms with Crippen LogP contribution in [0.4, 0.5) is 11.4 Å². The summed E-state index contributed by atoms with van der Waals surface area (Å²) in [5, 5.41) is 28.9. The van der Waals surface area contributed by atoms with Crippen molar-refractivity contribution >= 4 is 17.6 Å². The van der Waals surface area contributed by atoms with Gasteiger partial charge in [-0.3, -0.25) is 15.1 Å². The third-order valence-corrected chi connectivity index (χ3v) is 2.42. The number of non-ortho nitro benzene ring substituents is 1. The maximum Gasteiger partial charge on any atom is 0.269 e. The Kier molecular flexibility index (Phi) is 3.42. The summed E-state index contributed by atoms with van der Waals surface area (Å²) in [4.78, 5) is 14.1. The number of aromatic hydroxyl groups is 2. The average Bonchev–Trinajstić information content (AvgIpc) is 2.40. The van der Waals surface area contributed by atoms with Crippen molar-refractivity contribution in [1.82, 2.24) is 0 Å². The second-order valence-corrected chi connectivity index (χ2v) is 3.78. The van der Waals surface area contributed by atoms with Crippen LogP contribution in [0.5, 0.6) is 11.5 Å². The molecule has 0 saturated carbocycles. The zero-order valence-electron chi connectivity index (χ0n) is 9.72. The summed E-state index contributed by atoms with van der Waals surface area (Å²) in [6.07, 6.45) is 1.49. The number of phenols is 2. The van der Waals surface area contributed by atoms with Crippen molar-refractivity contribution in [3.8, 4) is 11.5 Å². The largest absolute Gasteiger partial charge is 0.504 e. The summed E-state index contributed by atoms with van der Waals surface area (Å²) in [5.74, 6) is -0.430. The Balaban J connectivity index is 2.17. The van der Waals surface area contributed by atoms with Crippen LogP contribution in [0, 0.1) is 10.1 Å². The number of benzene rings is 2. The molecule has 0 fully saturated rings. The standard InChI is InChI=1S/C13H10N2O4/c16-12-6-1-9(7-13(12)17)8-14-10-2-4-11(5-3-10)15(18)19/h1-8,16-17H. The quantitative estimate of drug-likeness (QED) is 0.383. The van der Waals surface area contributed by atoms with Gasteiger partial charge in [0.1, 0.15) is 0 Å². The van der Waals surface area contributed by atoms with Crippen LogP contribution in [0.25, 0.3) is 0 Å². The van der Waals surface area contributed by atoms with Crippen LogP contribution in [-0.2, 0) is 0 Å². The number of aliphatic imine (C=N–C) groups is 1. The smallest absolute Gasteiger partial charge is 0.269 e. The molecule has 2 aromatic carbocycles. The van der Waals surface area contributed by atoms with Gasteiger partial charge in [0.05, 0.1) is 10.6 Å². The molecule has 0 amide bonds. The van der Waals surface area contributed by atoms with E-state index in [4.69, 9.17) is 5.11 Å². The van der Waals surface area contributed by atoms with E-state index in [9.17, 15) is 15.2 Å². The molecule has 0 heterocycles. The number of nitro benzene ring substituents is 1. The molecule has 0 radical (unpaired) electrons. The van der Waals surface area contributed by atoms with Gasteiger partial charge in [-0.1, -0.05) is 0 Å². The molecule has 0 unspecified atom stereocenters. The van der Waals surface area contributed by atoms with Gasteiger partial charge in [0.25, 0.3) is 5.69 Å². The second kappa shape index (κ2) is 5.18. The number of nitrogens with zero attached hydrogens (tertiary/aromatic N) is 2. The van der Waals surface area contributed by atoms with Crippen molar-refractivity contribution in [2.24, 2.45) is 4.99 Å². The third-order valence-electron chi connectivity index (χ3n) is 2.42. The molecule has 96 valence electrons. The Hall–Kier alpha value is -2.89. The number of phenolic OH excluding ortho intramolecular Hbond substituents is 2. The molecular formula is C13H10N2O4. The van der Waals surface area contributed by atoms with Crippen LogP contribution in [-0.4, -0.2) is 21.4 Å². The molecule has 0 saturated heterocycles. The SMILES string of the molecule is O=[N+]([O-])c1ccc(N=Cc2ccc(O)c(O)c2)cc1. The highest BCUT2D eigenvalue weighted by Crippen LogP contribution is 2.24. The highest BCUT2D eigenvalue weighted by Gasteiger charge is 2.03. The lowest BCUT2D eigenvalue weighted by Gasteiger charge is -1.98. The van der Waals surface area contributed by atoms with Crippen LogP contribution in [0.1, 0.15) is 5.56 Å². The Morgan fingerprint density at radius 2 is 1.74 bits per heavy atom. The van der Waals surface area contributed by atoms with Crippen molar-refractivity contribution in [1.29, 1.82) is 0 Å². The van der Waals surface area contributed by atoms with Gasteiger partial charge in [0.15, 0.2) is 11.5 Å². The van der Waals surface area contributed by atoms with Crippen molar-refractivity contribution < 1.29 is 15.1 Å². The minimum atomic E-state index is -0.481. The summed E-state index contributed by atoms with van der Waals surface area (Å²) in [6, 6.07) is 10.1. The van der Waals surface area contributed by atoms with E-state index in [1.165, 1.54) is 42.6 Å². The molecule has 6 nitrogen and oxygen atoms in total. The Morgan fingerprint density at radius 1 is 1.05 bits per heavy atom. The maximum absolute atomic E-state index is 10.5. The normalized spacial score (nSPS) is 10.7. The number of hydrogen-bond acceptors (Lipinski definition) is 5. The summed E-state index contributed by atoms with van der Waals surface area (Å²) in [6.45, 7) is 0. The van der Waals surface area contributed by atoms with Gasteiger partial charge in [-0.2, -0.15) is 0 Å². The predicted octanol–water partition coefficient (Wildman–Crippen LogP) is 2.76. The monoisotopic (exact) mass is 258 g/mol. The van der Waals surface area contributed by atoms with Crippen LogP contribution in [0.3, 0.4) is 0 Å². The predicted molar refractivity (Wildman–Crippen MR) is 70.1 cm³/mol. The van der Waals surface area contributed by atoms with Gasteiger partial charge >= 0.3 is 0 Å². The molecule has 0 spiro atoms. The lowest BCUT2D eigenvalue weighted by Crippen LogP contribution is -1.86. The fourth-order valence-electron chi connectivity index (χ4n) is 1.43. The van der Waals surface area contributed by atoms with E-state index in [1.54, 1.807) is 6.07 Å². The summed E-state index contributed by atoms with van der Waals surface area (Å²) in [7, 11) is 0. The molecular weight excluding hydrogens is 248 g/mol. The van der Waals surface area contributed by atoms with E-state index < -0.39 is 4.92 Å². The van der Waals surface area contributed by atoms with Crippen molar-refractivity contribution in [2.75, 3.05) is 0 Å². The van der Waals surface area contributed by atoms with Gasteiger partial charge in [-0.05, 0) is 35.9 Å². The first-order valence-electron chi connectivity index (χ1n) is 5.37. The van der Waals surface area contributed by atoms with E-state index in [0.717, 1.165) is 0 Å². The fraction of sp³-hybridized carbons (Fsp3) is 0. The molecule has 0 aliphatic heterocycles. The van der Waals surface area contributed by atoms with Crippen LogP contribution < -0.4 is 0 Å². The molecule has 0 aromatic heterocycles. The second-order valence-electron chi connectivity index (χ2n) is 3.78. The Bertz CT molecular complexity index is 636. The molecule has 0 aliphatic rings. The molecule has 2 rings (SSSR count). The Morgan fingerprint density at radius 3 is 2.32 bits per heavy atom. The zero-order chi connectivity index (χ0) is 13.8. The maximum atomic E-state index is 10.5. The molecule has 6 heteroatoms. The topological polar surface area (TPSA) is 96.0 Å². The van der Waals surface area contributed by atoms with E-state index in [-0.39, 0.29) is 17.2 Å². The average molecular weight is 258 g/mol. The van der Waals surface area contributed by atoms with Crippen molar-refractivity contribution in [3.05, 3.63) is 58.1 Å². The summed E-state index contributed by atoms with van der Waals surface area (Å²) >= 11 is 0. The zero-order valence-corrected chi connectivity index (χ0v) is 9.72. The number of nitro groups is 1. The number of rotatable bonds is 3. The first-order valence-corrected chi connectivity index (χ1v) is 5.37. The highest BCUT2D eigenvalue weighted by molar-refractivity contribution is 5.83. The van der Waals surface area contributed by atoms with E-state index in [2.05, 4.69) is 4.99 Å². The molecule has 2 N–H and O–H groups in total. The van der Waals surface area contributed by atoms with Crippen molar-refractivity contribution in [3.63, 3.8) is 0 Å². The van der Waals surface area contributed by atoms with Gasteiger partial charge in [0, 0.05) is 18.3 Å². The van der Waals surface area contributed by atoms with Gasteiger partial charge in [-0.25, -0.2) is 0 Å². The first kappa shape index (κ1) is 12.6. The highest BCUT2D eigenvalue weighted by atomic mass is 16.6. The van der Waals surface area contributed by atoms with Gasteiger partial charge in [-0.15, -0.1) is 0 Å². The fourth-order valence-corrected chi connectivity index (χ4v) is 1.43. The van der Waals surface area contributed by atoms with Gasteiger partial charge < -0.3 is 10.2 Å². The third kappa shape index (κ3) is 3.06. The lowest BCUT2D eigenvalue weighted by atomic mass is 10.2.